The number of nitrogens with one attached hydrogen (secondary N) is 3. The number of amides is 1. The fourth-order valence-corrected chi connectivity index (χ4v) is 1.73. The van der Waals surface area contributed by atoms with Gasteiger partial charge in [-0.3, -0.25) is 15.0 Å². The summed E-state index contributed by atoms with van der Waals surface area (Å²) in [5, 5.41) is 15.8. The molecule has 0 saturated carbocycles. The van der Waals surface area contributed by atoms with Gasteiger partial charge in [0, 0.05) is 12.7 Å². The van der Waals surface area contributed by atoms with Gasteiger partial charge in [-0.05, 0) is 25.2 Å². The van der Waals surface area contributed by atoms with Gasteiger partial charge in [0.05, 0.1) is 6.54 Å². The van der Waals surface area contributed by atoms with Crippen LogP contribution >= 0.6 is 12.2 Å². The molecule has 7 nitrogen and oxygen atoms in total. The van der Waals surface area contributed by atoms with Gasteiger partial charge in [0.25, 0.3) is 5.91 Å². The molecule has 0 bridgehead atoms. The van der Waals surface area contributed by atoms with E-state index in [2.05, 4.69) is 25.7 Å². The molecule has 0 aliphatic heterocycles. The molecule has 0 fully saturated rings. The Morgan fingerprint density at radius 2 is 2.41 bits per heavy atom. The maximum atomic E-state index is 11.6. The lowest BCUT2D eigenvalue weighted by Crippen LogP contribution is -2.25. The molecule has 2 aromatic heterocycles. The predicted octanol–water partition coefficient (Wildman–Crippen LogP) is 0.614. The van der Waals surface area contributed by atoms with Crippen molar-refractivity contribution in [3.05, 3.63) is 28.6 Å². The van der Waals surface area contributed by atoms with E-state index in [4.69, 9.17) is 12.2 Å². The summed E-state index contributed by atoms with van der Waals surface area (Å²) in [5.74, 6) is 0.476. The normalized spacial score (nSPS) is 10.4. The van der Waals surface area contributed by atoms with E-state index in [9.17, 15) is 4.79 Å². The summed E-state index contributed by atoms with van der Waals surface area (Å²) in [6.45, 7) is 3.00. The third-order valence-corrected chi connectivity index (χ3v) is 2.62. The lowest BCUT2D eigenvalue weighted by molar-refractivity contribution is 0.0944. The minimum absolute atomic E-state index is 0.223. The Kier molecular flexibility index (Phi) is 3.33. The number of hydrogen-bond donors (Lipinski definition) is 3. The zero-order valence-corrected chi connectivity index (χ0v) is 10.0. The van der Waals surface area contributed by atoms with Gasteiger partial charge in [-0.25, -0.2) is 0 Å². The van der Waals surface area contributed by atoms with E-state index in [0.29, 0.717) is 29.4 Å². The molecule has 0 unspecified atom stereocenters. The smallest absolute Gasteiger partial charge is 0.269 e. The van der Waals surface area contributed by atoms with Crippen LogP contribution in [-0.4, -0.2) is 30.9 Å². The molecule has 8 heteroatoms. The Bertz CT molecular complexity index is 554. The standard InChI is InChI=1S/C9H12N6OS/c1-2-15-7(13-14-9(15)17)5-10-8(16)6-3-4-11-12-6/h3-4H,2,5H2,1H3,(H,10,16)(H,11,12)(H,14,17). The van der Waals surface area contributed by atoms with Crippen LogP contribution in [-0.2, 0) is 13.1 Å². The van der Waals surface area contributed by atoms with Gasteiger partial charge in [-0.15, -0.1) is 0 Å². The number of carbonyl (C=O) groups excluding carboxylic acids is 1. The van der Waals surface area contributed by atoms with Crippen molar-refractivity contribution in [3.63, 3.8) is 0 Å². The number of H-pyrrole nitrogens is 2. The fourth-order valence-electron chi connectivity index (χ4n) is 1.45. The quantitative estimate of drug-likeness (QED) is 0.695. The number of rotatable bonds is 4. The summed E-state index contributed by atoms with van der Waals surface area (Å²) in [5.41, 5.74) is 0.419. The maximum Gasteiger partial charge on any atom is 0.269 e. The Morgan fingerprint density at radius 1 is 1.59 bits per heavy atom. The Hall–Kier alpha value is -1.96. The lowest BCUT2D eigenvalue weighted by atomic mass is 10.4. The van der Waals surface area contributed by atoms with Crippen molar-refractivity contribution in [3.8, 4) is 0 Å². The summed E-state index contributed by atoms with van der Waals surface area (Å²) in [4.78, 5) is 11.6. The van der Waals surface area contributed by atoms with Crippen LogP contribution in [0.5, 0.6) is 0 Å². The van der Waals surface area contributed by atoms with Crippen molar-refractivity contribution >= 4 is 18.1 Å². The molecule has 90 valence electrons. The largest absolute Gasteiger partial charge is 0.343 e. The molecule has 17 heavy (non-hydrogen) atoms. The van der Waals surface area contributed by atoms with Crippen LogP contribution < -0.4 is 5.32 Å². The molecule has 0 radical (unpaired) electrons. The molecule has 0 spiro atoms. The molecule has 2 rings (SSSR count). The SMILES string of the molecule is CCn1c(CNC(=O)c2ccn[nH]2)n[nH]c1=S. The van der Waals surface area contributed by atoms with Crippen molar-refractivity contribution in [2.24, 2.45) is 0 Å². The minimum Gasteiger partial charge on any atom is -0.343 e. The molecular formula is C9H12N6OS. The van der Waals surface area contributed by atoms with E-state index >= 15 is 0 Å². The van der Waals surface area contributed by atoms with Crippen molar-refractivity contribution < 1.29 is 4.79 Å². The average Bonchev–Trinajstić information content (AvgIpc) is 2.95. The second-order valence-corrected chi connectivity index (χ2v) is 3.73. The van der Waals surface area contributed by atoms with Gasteiger partial charge in [-0.1, -0.05) is 0 Å². The third-order valence-electron chi connectivity index (χ3n) is 2.31. The Balaban J connectivity index is 2.03. The first-order valence-corrected chi connectivity index (χ1v) is 5.55. The minimum atomic E-state index is -0.223. The molecule has 0 aliphatic rings. The highest BCUT2D eigenvalue weighted by Crippen LogP contribution is 1.98. The molecule has 0 aromatic carbocycles. The zero-order chi connectivity index (χ0) is 12.3. The summed E-state index contributed by atoms with van der Waals surface area (Å²) in [6, 6.07) is 1.60. The van der Waals surface area contributed by atoms with E-state index in [1.54, 1.807) is 6.07 Å². The zero-order valence-electron chi connectivity index (χ0n) is 9.23. The Labute approximate surface area is 102 Å². The van der Waals surface area contributed by atoms with Crippen LogP contribution in [0.25, 0.3) is 0 Å². The summed E-state index contributed by atoms with van der Waals surface area (Å²) in [6.07, 6.45) is 1.52. The van der Waals surface area contributed by atoms with Crippen molar-refractivity contribution in [2.45, 2.75) is 20.0 Å². The van der Waals surface area contributed by atoms with Crippen LogP contribution in [0, 0.1) is 4.77 Å². The van der Waals surface area contributed by atoms with Gasteiger partial charge in [0.15, 0.2) is 10.6 Å². The monoisotopic (exact) mass is 252 g/mol. The third kappa shape index (κ3) is 2.41. The topological polar surface area (TPSA) is 91.4 Å². The van der Waals surface area contributed by atoms with E-state index in [0.717, 1.165) is 0 Å². The number of aromatic nitrogens is 5. The molecular weight excluding hydrogens is 240 g/mol. The summed E-state index contributed by atoms with van der Waals surface area (Å²) >= 11 is 5.05. The second kappa shape index (κ2) is 4.91. The molecule has 0 atom stereocenters. The van der Waals surface area contributed by atoms with E-state index < -0.39 is 0 Å². The molecule has 2 heterocycles. The lowest BCUT2D eigenvalue weighted by Gasteiger charge is -2.04. The molecule has 0 saturated heterocycles. The van der Waals surface area contributed by atoms with Crippen LogP contribution in [0.4, 0.5) is 0 Å². The van der Waals surface area contributed by atoms with E-state index in [-0.39, 0.29) is 5.91 Å². The van der Waals surface area contributed by atoms with Gasteiger partial charge in [-0.2, -0.15) is 10.2 Å². The predicted molar refractivity (Wildman–Crippen MR) is 62.8 cm³/mol. The van der Waals surface area contributed by atoms with Crippen molar-refractivity contribution in [2.75, 3.05) is 0 Å². The van der Waals surface area contributed by atoms with Gasteiger partial charge in [0.1, 0.15) is 5.69 Å². The van der Waals surface area contributed by atoms with Gasteiger partial charge < -0.3 is 9.88 Å². The summed E-state index contributed by atoms with van der Waals surface area (Å²) < 4.78 is 2.38. The van der Waals surface area contributed by atoms with Crippen LogP contribution in [0.15, 0.2) is 12.3 Å². The maximum absolute atomic E-state index is 11.6. The van der Waals surface area contributed by atoms with E-state index in [1.807, 2.05) is 11.5 Å². The first kappa shape index (κ1) is 11.5. The van der Waals surface area contributed by atoms with Crippen LogP contribution in [0.2, 0.25) is 0 Å². The highest BCUT2D eigenvalue weighted by Gasteiger charge is 2.09. The number of aromatic amines is 2. The second-order valence-electron chi connectivity index (χ2n) is 3.34. The van der Waals surface area contributed by atoms with Crippen molar-refractivity contribution in [1.82, 2.24) is 30.3 Å². The molecule has 3 N–H and O–H groups in total. The first-order valence-electron chi connectivity index (χ1n) is 5.14. The number of hydrogen-bond acceptors (Lipinski definition) is 4. The van der Waals surface area contributed by atoms with Gasteiger partial charge >= 0.3 is 0 Å². The van der Waals surface area contributed by atoms with Gasteiger partial charge in [0.2, 0.25) is 0 Å². The first-order chi connectivity index (χ1) is 8.22. The molecule has 2 aromatic rings. The summed E-state index contributed by atoms with van der Waals surface area (Å²) in [7, 11) is 0. The Morgan fingerprint density at radius 3 is 3.06 bits per heavy atom. The van der Waals surface area contributed by atoms with Crippen LogP contribution in [0.1, 0.15) is 23.2 Å². The highest BCUT2D eigenvalue weighted by molar-refractivity contribution is 7.71. The highest BCUT2D eigenvalue weighted by atomic mass is 32.1. The number of nitrogens with zero attached hydrogens (tertiary/aromatic N) is 3. The van der Waals surface area contributed by atoms with Crippen molar-refractivity contribution in [1.29, 1.82) is 0 Å². The molecule has 0 aliphatic carbocycles. The fraction of sp³-hybridized carbons (Fsp3) is 0.333. The molecule has 1 amide bonds. The average molecular weight is 252 g/mol. The number of carbonyl (C=O) groups is 1. The van der Waals surface area contributed by atoms with E-state index in [1.165, 1.54) is 6.20 Å². The van der Waals surface area contributed by atoms with Crippen LogP contribution in [0.3, 0.4) is 0 Å².